The van der Waals surface area contributed by atoms with E-state index in [1.807, 2.05) is 18.2 Å². The molecule has 0 saturated heterocycles. The first kappa shape index (κ1) is 26.1. The molecule has 0 heterocycles. The molecule has 0 spiro atoms. The molecule has 0 N–H and O–H groups in total. The van der Waals surface area contributed by atoms with Gasteiger partial charge in [-0.25, -0.2) is 8.42 Å². The van der Waals surface area contributed by atoms with Gasteiger partial charge in [0.1, 0.15) is 5.75 Å². The highest BCUT2D eigenvalue weighted by atomic mass is 35.5. The number of hydrogen-bond donors (Lipinski definition) is 0. The van der Waals surface area contributed by atoms with Crippen LogP contribution in [0.4, 0.5) is 0 Å². The first-order valence-corrected chi connectivity index (χ1v) is 13.3. The fraction of sp³-hybridized carbons (Fsp3) is 0.269. The normalized spacial score (nSPS) is 11.5. The zero-order valence-corrected chi connectivity index (χ0v) is 22.1. The van der Waals surface area contributed by atoms with Crippen molar-refractivity contribution >= 4 is 38.9 Å². The third-order valence-corrected chi connectivity index (χ3v) is 7.35. The van der Waals surface area contributed by atoms with Crippen LogP contribution in [-0.2, 0) is 16.4 Å². The Bertz CT molecular complexity index is 1320. The predicted molar refractivity (Wildman–Crippen MR) is 137 cm³/mol. The van der Waals surface area contributed by atoms with Crippen molar-refractivity contribution in [3.8, 4) is 11.5 Å². The van der Waals surface area contributed by atoms with E-state index in [9.17, 15) is 13.2 Å². The summed E-state index contributed by atoms with van der Waals surface area (Å²) in [6.07, 6.45) is 1.12. The van der Waals surface area contributed by atoms with Crippen LogP contribution in [0.1, 0.15) is 46.8 Å². The highest BCUT2D eigenvalue weighted by Crippen LogP contribution is 2.39. The number of ether oxygens (including phenoxy) is 1. The zero-order chi connectivity index (χ0) is 25.2. The molecule has 0 aliphatic heterocycles. The van der Waals surface area contributed by atoms with Crippen LogP contribution in [0.3, 0.4) is 0 Å². The maximum absolute atomic E-state index is 12.9. The summed E-state index contributed by atoms with van der Waals surface area (Å²) in [6, 6.07) is 15.1. The maximum atomic E-state index is 12.9. The van der Waals surface area contributed by atoms with E-state index < -0.39 is 9.84 Å². The van der Waals surface area contributed by atoms with Gasteiger partial charge in [0.15, 0.2) is 15.6 Å². The quantitative estimate of drug-likeness (QED) is 0.340. The number of nitrogens with zero attached hydrogens (tertiary/aromatic N) is 1. The van der Waals surface area contributed by atoms with Gasteiger partial charge in [-0.3, -0.25) is 4.79 Å². The van der Waals surface area contributed by atoms with Gasteiger partial charge in [-0.1, -0.05) is 49.2 Å². The van der Waals surface area contributed by atoms with Gasteiger partial charge in [-0.15, -0.1) is 0 Å². The Hall–Kier alpha value is -2.54. The molecule has 3 aromatic carbocycles. The maximum Gasteiger partial charge on any atom is 0.253 e. The van der Waals surface area contributed by atoms with Crippen LogP contribution in [0.25, 0.3) is 0 Å². The van der Waals surface area contributed by atoms with E-state index in [0.717, 1.165) is 6.26 Å². The van der Waals surface area contributed by atoms with Crippen molar-refractivity contribution in [3.63, 3.8) is 0 Å². The van der Waals surface area contributed by atoms with Crippen molar-refractivity contribution in [3.05, 3.63) is 86.9 Å². The smallest absolute Gasteiger partial charge is 0.253 e. The molecule has 0 bridgehead atoms. The third-order valence-electron chi connectivity index (χ3n) is 5.51. The van der Waals surface area contributed by atoms with Crippen molar-refractivity contribution in [1.29, 1.82) is 0 Å². The summed E-state index contributed by atoms with van der Waals surface area (Å²) in [5.41, 5.74) is 3.39. The lowest BCUT2D eigenvalue weighted by atomic mass is 9.98. The number of rotatable bonds is 7. The molecular formula is C26H27Cl2NO4S. The van der Waals surface area contributed by atoms with Gasteiger partial charge >= 0.3 is 0 Å². The lowest BCUT2D eigenvalue weighted by Gasteiger charge is -2.20. The number of halogens is 2. The molecule has 0 aliphatic carbocycles. The Morgan fingerprint density at radius 3 is 2.26 bits per heavy atom. The second-order valence-corrected chi connectivity index (χ2v) is 11.4. The summed E-state index contributed by atoms with van der Waals surface area (Å²) >= 11 is 13.0. The minimum atomic E-state index is -3.33. The Labute approximate surface area is 211 Å². The molecule has 5 nitrogen and oxygen atoms in total. The van der Waals surface area contributed by atoms with Crippen molar-refractivity contribution in [1.82, 2.24) is 4.90 Å². The Morgan fingerprint density at radius 1 is 1.03 bits per heavy atom. The minimum Gasteiger partial charge on any atom is -0.454 e. The Kier molecular flexibility index (Phi) is 7.96. The van der Waals surface area contributed by atoms with E-state index in [0.29, 0.717) is 38.6 Å². The van der Waals surface area contributed by atoms with Gasteiger partial charge in [-0.05, 0) is 72.0 Å². The highest BCUT2D eigenvalue weighted by Gasteiger charge is 2.19. The summed E-state index contributed by atoms with van der Waals surface area (Å²) in [4.78, 5) is 14.5. The number of benzene rings is 3. The first-order valence-electron chi connectivity index (χ1n) is 10.7. The summed E-state index contributed by atoms with van der Waals surface area (Å²) in [5, 5.41) is 0.692. The fourth-order valence-electron chi connectivity index (χ4n) is 3.60. The number of carbonyl (C=O) groups is 1. The standard InChI is InChI=1S/C26H27Cl2NO4S/c1-16(2)22-14-20(10-6-17(22)3)33-25-23(27)13-9-19(24(25)28)15-29(4)26(30)18-7-11-21(12-8-18)34(5,31)32/h6-14,16H,15H2,1-5H3. The Balaban J connectivity index is 1.83. The van der Waals surface area contributed by atoms with Crippen molar-refractivity contribution in [2.24, 2.45) is 0 Å². The van der Waals surface area contributed by atoms with Crippen LogP contribution < -0.4 is 4.74 Å². The molecule has 0 aromatic heterocycles. The van der Waals surface area contributed by atoms with Crippen LogP contribution in [0.5, 0.6) is 11.5 Å². The van der Waals surface area contributed by atoms with Gasteiger partial charge in [0, 0.05) is 25.4 Å². The zero-order valence-electron chi connectivity index (χ0n) is 19.7. The molecule has 8 heteroatoms. The van der Waals surface area contributed by atoms with Crippen molar-refractivity contribution in [2.75, 3.05) is 13.3 Å². The number of aryl methyl sites for hydroxylation is 1. The topological polar surface area (TPSA) is 63.7 Å². The van der Waals surface area contributed by atoms with Crippen LogP contribution in [0.15, 0.2) is 59.5 Å². The van der Waals surface area contributed by atoms with Crippen LogP contribution in [-0.4, -0.2) is 32.5 Å². The SMILES string of the molecule is Cc1ccc(Oc2c(Cl)ccc(CN(C)C(=O)c3ccc(S(C)(=O)=O)cc3)c2Cl)cc1C(C)C. The first-order chi connectivity index (χ1) is 15.9. The van der Waals surface area contributed by atoms with E-state index in [1.165, 1.54) is 40.3 Å². The van der Waals surface area contributed by atoms with Crippen molar-refractivity contribution < 1.29 is 17.9 Å². The summed E-state index contributed by atoms with van der Waals surface area (Å²) in [5.74, 6) is 1.03. The van der Waals surface area contributed by atoms with Gasteiger partial charge in [0.2, 0.25) is 0 Å². The predicted octanol–water partition coefficient (Wildman–Crippen LogP) is 6.89. The summed E-state index contributed by atoms with van der Waals surface area (Å²) in [6.45, 7) is 6.51. The highest BCUT2D eigenvalue weighted by molar-refractivity contribution is 7.90. The van der Waals surface area contributed by atoms with Crippen LogP contribution in [0, 0.1) is 6.92 Å². The second-order valence-electron chi connectivity index (χ2n) is 8.58. The Morgan fingerprint density at radius 2 is 1.68 bits per heavy atom. The van der Waals surface area contributed by atoms with Gasteiger partial charge < -0.3 is 9.64 Å². The van der Waals surface area contributed by atoms with Gasteiger partial charge in [-0.2, -0.15) is 0 Å². The average Bonchev–Trinajstić information content (AvgIpc) is 2.78. The van der Waals surface area contributed by atoms with E-state index in [4.69, 9.17) is 27.9 Å². The van der Waals surface area contributed by atoms with E-state index in [2.05, 4.69) is 20.8 Å². The van der Waals surface area contributed by atoms with Crippen LogP contribution >= 0.6 is 23.2 Å². The molecule has 0 unspecified atom stereocenters. The molecular weight excluding hydrogens is 493 g/mol. The lowest BCUT2D eigenvalue weighted by molar-refractivity contribution is 0.0785. The molecule has 3 aromatic rings. The lowest BCUT2D eigenvalue weighted by Crippen LogP contribution is -2.26. The van der Waals surface area contributed by atoms with Gasteiger partial charge in [0.05, 0.1) is 14.9 Å². The molecule has 1 amide bonds. The minimum absolute atomic E-state index is 0.158. The van der Waals surface area contributed by atoms with Gasteiger partial charge in [0.25, 0.3) is 5.91 Å². The monoisotopic (exact) mass is 519 g/mol. The number of hydrogen-bond acceptors (Lipinski definition) is 4. The largest absolute Gasteiger partial charge is 0.454 e. The molecule has 180 valence electrons. The number of carbonyl (C=O) groups excluding carboxylic acids is 1. The number of amides is 1. The number of sulfone groups is 1. The molecule has 0 atom stereocenters. The summed E-state index contributed by atoms with van der Waals surface area (Å²) < 4.78 is 29.4. The molecule has 0 aliphatic rings. The third kappa shape index (κ3) is 5.93. The molecule has 0 radical (unpaired) electrons. The second kappa shape index (κ2) is 10.4. The summed E-state index contributed by atoms with van der Waals surface area (Å²) in [7, 11) is -1.69. The molecule has 0 saturated carbocycles. The molecule has 0 fully saturated rings. The van der Waals surface area contributed by atoms with E-state index in [-0.39, 0.29) is 17.3 Å². The average molecular weight is 520 g/mol. The molecule has 3 rings (SSSR count). The van der Waals surface area contributed by atoms with E-state index >= 15 is 0 Å². The van der Waals surface area contributed by atoms with Crippen LogP contribution in [0.2, 0.25) is 10.0 Å². The molecule has 34 heavy (non-hydrogen) atoms. The van der Waals surface area contributed by atoms with Crippen molar-refractivity contribution in [2.45, 2.75) is 38.1 Å². The fourth-order valence-corrected chi connectivity index (χ4v) is 4.74. The van der Waals surface area contributed by atoms with E-state index in [1.54, 1.807) is 19.2 Å².